The van der Waals surface area contributed by atoms with Gasteiger partial charge >= 0.3 is 17.9 Å². The van der Waals surface area contributed by atoms with Crippen molar-refractivity contribution in [2.45, 2.75) is 367 Å². The zero-order valence-corrected chi connectivity index (χ0v) is 53.3. The third-order valence-electron chi connectivity index (χ3n) is 15.4. The maximum atomic E-state index is 13.0. The Kier molecular flexibility index (Phi) is 65.7. The van der Waals surface area contributed by atoms with Gasteiger partial charge in [-0.05, 0) is 89.9 Å². The number of allylic oxidation sites excluding steroid dienone is 12. The van der Waals surface area contributed by atoms with Crippen LogP contribution in [-0.4, -0.2) is 37.2 Å². The first-order valence-corrected chi connectivity index (χ1v) is 34.9. The largest absolute Gasteiger partial charge is 0.462 e. The van der Waals surface area contributed by atoms with E-state index in [0.29, 0.717) is 19.3 Å². The lowest BCUT2D eigenvalue weighted by Gasteiger charge is -2.18. The van der Waals surface area contributed by atoms with Crippen LogP contribution in [0.4, 0.5) is 0 Å². The number of hydrogen-bond donors (Lipinski definition) is 0. The summed E-state index contributed by atoms with van der Waals surface area (Å²) in [4.78, 5) is 38.5. The maximum absolute atomic E-state index is 13.0. The summed E-state index contributed by atoms with van der Waals surface area (Å²) in [6.07, 6.45) is 89.2. The van der Waals surface area contributed by atoms with Crippen molar-refractivity contribution in [1.29, 1.82) is 0 Å². The number of hydrogen-bond acceptors (Lipinski definition) is 6. The molecule has 0 spiro atoms. The summed E-state index contributed by atoms with van der Waals surface area (Å²) >= 11 is 0. The molecule has 0 aromatic heterocycles. The second kappa shape index (κ2) is 68.3. The fraction of sp³-hybridized carbons (Fsp3) is 0.797. The van der Waals surface area contributed by atoms with Crippen LogP contribution in [0.3, 0.4) is 0 Å². The standard InChI is InChI=1S/C74H132O6/c1-4-7-10-13-16-19-22-25-28-31-33-35-37-39-40-43-46-49-52-55-58-61-64-67-73(76)79-70-71(69-78-72(75)66-63-60-57-54-51-48-45-42-30-27-24-21-18-15-12-9-6-3)80-74(77)68-65-62-59-56-53-50-47-44-41-38-36-34-32-29-26-23-20-17-14-11-8-5-2/h7,10,16,19,25,27-28,30,33,35,39-40,71H,4-6,8-9,11-15,17-18,20-24,26,29,31-32,34,36-38,41-70H2,1-3H3/b10-7-,19-16-,28-25-,30-27-,35-33-,40-39-. The molecule has 0 radical (unpaired) electrons. The number of rotatable bonds is 64. The van der Waals surface area contributed by atoms with Crippen molar-refractivity contribution in [3.05, 3.63) is 72.9 Å². The van der Waals surface area contributed by atoms with Gasteiger partial charge in [-0.2, -0.15) is 0 Å². The first kappa shape index (κ1) is 76.9. The van der Waals surface area contributed by atoms with Gasteiger partial charge in [-0.25, -0.2) is 0 Å². The van der Waals surface area contributed by atoms with Crippen molar-refractivity contribution in [3.63, 3.8) is 0 Å². The van der Waals surface area contributed by atoms with E-state index in [1.165, 1.54) is 225 Å². The summed E-state index contributed by atoms with van der Waals surface area (Å²) in [5.41, 5.74) is 0. The summed E-state index contributed by atoms with van der Waals surface area (Å²) in [7, 11) is 0. The zero-order valence-electron chi connectivity index (χ0n) is 53.3. The molecule has 0 aliphatic heterocycles. The average molecular weight is 1120 g/mol. The summed E-state index contributed by atoms with van der Waals surface area (Å²) in [6.45, 7) is 6.57. The van der Waals surface area contributed by atoms with Crippen LogP contribution in [0.15, 0.2) is 72.9 Å². The highest BCUT2D eigenvalue weighted by molar-refractivity contribution is 5.71. The van der Waals surface area contributed by atoms with Crippen molar-refractivity contribution in [3.8, 4) is 0 Å². The predicted octanol–water partition coefficient (Wildman–Crippen LogP) is 24.1. The van der Waals surface area contributed by atoms with E-state index in [1.54, 1.807) is 0 Å². The monoisotopic (exact) mass is 1120 g/mol. The minimum atomic E-state index is -0.782. The molecular formula is C74H132O6. The van der Waals surface area contributed by atoms with Gasteiger partial charge in [-0.15, -0.1) is 0 Å². The number of esters is 3. The Bertz CT molecular complexity index is 1470. The van der Waals surface area contributed by atoms with Gasteiger partial charge in [0.05, 0.1) is 0 Å². The van der Waals surface area contributed by atoms with E-state index in [1.807, 2.05) is 0 Å². The third kappa shape index (κ3) is 65.7. The van der Waals surface area contributed by atoms with Crippen molar-refractivity contribution in [2.24, 2.45) is 0 Å². The Morgan fingerprint density at radius 2 is 0.487 bits per heavy atom. The molecule has 80 heavy (non-hydrogen) atoms. The molecule has 0 aliphatic carbocycles. The fourth-order valence-electron chi connectivity index (χ4n) is 10.2. The number of ether oxygens (including phenoxy) is 3. The lowest BCUT2D eigenvalue weighted by molar-refractivity contribution is -0.167. The van der Waals surface area contributed by atoms with Crippen molar-refractivity contribution >= 4 is 17.9 Å². The van der Waals surface area contributed by atoms with Gasteiger partial charge in [0, 0.05) is 19.3 Å². The van der Waals surface area contributed by atoms with Crippen LogP contribution in [0.25, 0.3) is 0 Å². The summed E-state index contributed by atoms with van der Waals surface area (Å²) < 4.78 is 17.0. The number of unbranched alkanes of at least 4 members (excludes halogenated alkanes) is 41. The second-order valence-corrected chi connectivity index (χ2v) is 23.4. The van der Waals surface area contributed by atoms with Crippen LogP contribution in [0.5, 0.6) is 0 Å². The van der Waals surface area contributed by atoms with E-state index < -0.39 is 6.10 Å². The van der Waals surface area contributed by atoms with E-state index in [-0.39, 0.29) is 31.1 Å². The van der Waals surface area contributed by atoms with Crippen molar-refractivity contribution in [1.82, 2.24) is 0 Å². The Labute approximate surface area is 497 Å². The molecule has 0 aromatic carbocycles. The molecule has 0 fully saturated rings. The van der Waals surface area contributed by atoms with Crippen molar-refractivity contribution in [2.75, 3.05) is 13.2 Å². The molecular weight excluding hydrogens is 985 g/mol. The Morgan fingerprint density at radius 1 is 0.263 bits per heavy atom. The van der Waals surface area contributed by atoms with E-state index in [9.17, 15) is 14.4 Å². The molecule has 0 N–H and O–H groups in total. The Morgan fingerprint density at radius 3 is 0.775 bits per heavy atom. The lowest BCUT2D eigenvalue weighted by atomic mass is 10.0. The fourth-order valence-corrected chi connectivity index (χ4v) is 10.2. The molecule has 6 nitrogen and oxygen atoms in total. The van der Waals surface area contributed by atoms with Crippen LogP contribution < -0.4 is 0 Å². The second-order valence-electron chi connectivity index (χ2n) is 23.4. The number of carbonyl (C=O) groups excluding carboxylic acids is 3. The van der Waals surface area contributed by atoms with Crippen LogP contribution in [0.2, 0.25) is 0 Å². The molecule has 0 bridgehead atoms. The van der Waals surface area contributed by atoms with Gasteiger partial charge in [-0.3, -0.25) is 14.4 Å². The maximum Gasteiger partial charge on any atom is 0.306 e. The van der Waals surface area contributed by atoms with Gasteiger partial charge in [0.15, 0.2) is 6.10 Å². The topological polar surface area (TPSA) is 78.9 Å². The highest BCUT2D eigenvalue weighted by Gasteiger charge is 2.19. The van der Waals surface area contributed by atoms with E-state index >= 15 is 0 Å². The van der Waals surface area contributed by atoms with E-state index in [2.05, 4.69) is 93.7 Å². The van der Waals surface area contributed by atoms with Gasteiger partial charge < -0.3 is 14.2 Å². The van der Waals surface area contributed by atoms with Crippen molar-refractivity contribution < 1.29 is 28.6 Å². The Hall–Kier alpha value is -3.15. The first-order valence-electron chi connectivity index (χ1n) is 34.9. The SMILES string of the molecule is CC/C=C\C/C=C\C/C=C\C/C=C\C/C=C\CCCCCCCCCC(=O)OCC(COC(=O)CCCCCCCCC/C=C\CCCCCCCC)OC(=O)CCCCCCCCCCCCCCCCCCCCCCCC. The third-order valence-corrected chi connectivity index (χ3v) is 15.4. The van der Waals surface area contributed by atoms with Crippen LogP contribution in [-0.2, 0) is 28.6 Å². The number of carbonyl (C=O) groups is 3. The molecule has 0 amide bonds. The van der Waals surface area contributed by atoms with Gasteiger partial charge in [-0.1, -0.05) is 325 Å². The molecule has 1 unspecified atom stereocenters. The van der Waals surface area contributed by atoms with Crippen LogP contribution in [0.1, 0.15) is 361 Å². The molecule has 0 saturated heterocycles. The Balaban J connectivity index is 4.36. The normalized spacial score (nSPS) is 12.5. The molecule has 0 saturated carbocycles. The average Bonchev–Trinajstić information content (AvgIpc) is 3.46. The van der Waals surface area contributed by atoms with Gasteiger partial charge in [0.25, 0.3) is 0 Å². The molecule has 0 rings (SSSR count). The minimum Gasteiger partial charge on any atom is -0.462 e. The molecule has 6 heteroatoms. The van der Waals surface area contributed by atoms with E-state index in [4.69, 9.17) is 14.2 Å². The summed E-state index contributed by atoms with van der Waals surface area (Å²) in [6, 6.07) is 0. The van der Waals surface area contributed by atoms with Gasteiger partial charge in [0.1, 0.15) is 13.2 Å². The zero-order chi connectivity index (χ0) is 57.8. The van der Waals surface area contributed by atoms with Crippen LogP contribution >= 0.6 is 0 Å². The van der Waals surface area contributed by atoms with Crippen LogP contribution in [0, 0.1) is 0 Å². The molecule has 0 aromatic rings. The minimum absolute atomic E-state index is 0.0777. The molecule has 1 atom stereocenters. The first-order chi connectivity index (χ1) is 39.5. The highest BCUT2D eigenvalue weighted by Crippen LogP contribution is 2.18. The van der Waals surface area contributed by atoms with Gasteiger partial charge in [0.2, 0.25) is 0 Å². The molecule has 0 heterocycles. The molecule has 0 aliphatic rings. The molecule has 464 valence electrons. The quantitative estimate of drug-likeness (QED) is 0.0261. The summed E-state index contributed by atoms with van der Waals surface area (Å²) in [5, 5.41) is 0. The highest BCUT2D eigenvalue weighted by atomic mass is 16.6. The van der Waals surface area contributed by atoms with E-state index in [0.717, 1.165) is 96.3 Å². The summed E-state index contributed by atoms with van der Waals surface area (Å²) in [5.74, 6) is -0.870. The lowest BCUT2D eigenvalue weighted by Crippen LogP contribution is -2.30. The smallest absolute Gasteiger partial charge is 0.306 e. The predicted molar refractivity (Wildman–Crippen MR) is 348 cm³/mol.